The van der Waals surface area contributed by atoms with Crippen molar-refractivity contribution >= 4 is 41.7 Å². The molecule has 1 saturated heterocycles. The van der Waals surface area contributed by atoms with Crippen molar-refractivity contribution in [2.75, 3.05) is 32.1 Å². The Morgan fingerprint density at radius 3 is 2.33 bits per heavy atom. The molecule has 0 aromatic rings. The summed E-state index contributed by atoms with van der Waals surface area (Å²) in [5.74, 6) is 2.26. The molecule has 0 amide bonds. The van der Waals surface area contributed by atoms with Crippen LogP contribution >= 0.6 is 35.7 Å². The first-order valence-corrected chi connectivity index (χ1v) is 7.73. The normalized spacial score (nSPS) is 21.0. The van der Waals surface area contributed by atoms with E-state index in [1.54, 1.807) is 0 Å². The lowest BCUT2D eigenvalue weighted by Crippen LogP contribution is -2.72. The van der Waals surface area contributed by atoms with E-state index in [-0.39, 0.29) is 29.5 Å². The molecular formula is C13H28IN3S. The fourth-order valence-electron chi connectivity index (χ4n) is 2.11. The Morgan fingerprint density at radius 2 is 1.94 bits per heavy atom. The Balaban J connectivity index is 0.00000289. The largest absolute Gasteiger partial charge is 0.356 e. The zero-order valence-electron chi connectivity index (χ0n) is 12.5. The quantitative estimate of drug-likeness (QED) is 0.349. The maximum absolute atomic E-state index is 4.39. The second-order valence-electron chi connectivity index (χ2n) is 5.85. The van der Waals surface area contributed by atoms with Crippen LogP contribution in [0.5, 0.6) is 0 Å². The van der Waals surface area contributed by atoms with Gasteiger partial charge in [0.2, 0.25) is 0 Å². The van der Waals surface area contributed by atoms with E-state index in [0.717, 1.165) is 19.0 Å². The van der Waals surface area contributed by atoms with E-state index in [1.165, 1.54) is 12.2 Å². The number of halogens is 1. The number of hydrogen-bond acceptors (Lipinski definition) is 2. The number of guanidine groups is 1. The molecule has 0 unspecified atom stereocenters. The van der Waals surface area contributed by atoms with Crippen molar-refractivity contribution in [2.45, 2.75) is 39.7 Å². The highest BCUT2D eigenvalue weighted by Gasteiger charge is 2.53. The highest BCUT2D eigenvalue weighted by molar-refractivity contribution is 14.0. The first kappa shape index (κ1) is 18.4. The van der Waals surface area contributed by atoms with Crippen LogP contribution in [0.4, 0.5) is 0 Å². The lowest BCUT2D eigenvalue weighted by molar-refractivity contribution is -0.0666. The van der Waals surface area contributed by atoms with Gasteiger partial charge < -0.3 is 10.2 Å². The molecule has 1 fully saturated rings. The summed E-state index contributed by atoms with van der Waals surface area (Å²) >= 11 is 1.90. The summed E-state index contributed by atoms with van der Waals surface area (Å²) in [6, 6.07) is 0. The van der Waals surface area contributed by atoms with Gasteiger partial charge in [-0.2, -0.15) is 11.8 Å². The Kier molecular flexibility index (Phi) is 7.36. The second-order valence-corrected chi connectivity index (χ2v) is 6.83. The molecular weight excluding hydrogens is 357 g/mol. The van der Waals surface area contributed by atoms with Gasteiger partial charge in [0.05, 0.1) is 0 Å². The maximum Gasteiger partial charge on any atom is 0.194 e. The summed E-state index contributed by atoms with van der Waals surface area (Å²) in [6.45, 7) is 11.3. The zero-order valence-corrected chi connectivity index (χ0v) is 15.7. The predicted octanol–water partition coefficient (Wildman–Crippen LogP) is 3.05. The third-order valence-corrected chi connectivity index (χ3v) is 4.86. The molecule has 0 radical (unpaired) electrons. The summed E-state index contributed by atoms with van der Waals surface area (Å²) < 4.78 is 0. The van der Waals surface area contributed by atoms with Gasteiger partial charge in [-0.25, -0.2) is 0 Å². The minimum atomic E-state index is 0. The fraction of sp³-hybridized carbons (Fsp3) is 0.923. The van der Waals surface area contributed by atoms with E-state index in [0.29, 0.717) is 5.41 Å². The van der Waals surface area contributed by atoms with Gasteiger partial charge >= 0.3 is 0 Å². The monoisotopic (exact) mass is 385 g/mol. The zero-order chi connectivity index (χ0) is 13.1. The molecule has 0 aliphatic carbocycles. The van der Waals surface area contributed by atoms with Gasteiger partial charge in [0.1, 0.15) is 0 Å². The van der Waals surface area contributed by atoms with Gasteiger partial charge in [-0.15, -0.1) is 24.0 Å². The van der Waals surface area contributed by atoms with Crippen LogP contribution in [0.3, 0.4) is 0 Å². The Bertz CT molecular complexity index is 290. The third-order valence-electron chi connectivity index (χ3n) is 4.16. The standard InChI is InChI=1S/C13H27N3S.HI/c1-12(2)10-16(13(12,3)4)11(14-5)15-8-7-9-17-6;/h7-10H2,1-6H3,(H,14,15);1H. The summed E-state index contributed by atoms with van der Waals surface area (Å²) in [5, 5.41) is 3.46. The van der Waals surface area contributed by atoms with E-state index in [2.05, 4.69) is 49.2 Å². The number of rotatable bonds is 4. The van der Waals surface area contributed by atoms with Crippen LogP contribution in [0.1, 0.15) is 34.1 Å². The van der Waals surface area contributed by atoms with Crippen molar-refractivity contribution in [1.82, 2.24) is 10.2 Å². The second kappa shape index (κ2) is 7.22. The van der Waals surface area contributed by atoms with Crippen LogP contribution in [0, 0.1) is 5.41 Å². The average molecular weight is 385 g/mol. The van der Waals surface area contributed by atoms with Crippen LogP contribution in [-0.4, -0.2) is 48.5 Å². The summed E-state index contributed by atoms with van der Waals surface area (Å²) in [4.78, 5) is 6.77. The van der Waals surface area contributed by atoms with Gasteiger partial charge in [-0.05, 0) is 32.3 Å². The molecule has 0 aromatic heterocycles. The molecule has 1 rings (SSSR count). The van der Waals surface area contributed by atoms with E-state index in [4.69, 9.17) is 0 Å². The van der Waals surface area contributed by atoms with Gasteiger partial charge in [-0.1, -0.05) is 13.8 Å². The molecule has 0 saturated carbocycles. The average Bonchev–Trinajstić information content (AvgIpc) is 2.27. The fourth-order valence-corrected chi connectivity index (χ4v) is 2.55. The molecule has 5 heteroatoms. The smallest absolute Gasteiger partial charge is 0.194 e. The molecule has 18 heavy (non-hydrogen) atoms. The van der Waals surface area contributed by atoms with Crippen molar-refractivity contribution in [2.24, 2.45) is 10.4 Å². The van der Waals surface area contributed by atoms with E-state index >= 15 is 0 Å². The molecule has 1 N–H and O–H groups in total. The molecule has 0 spiro atoms. The number of nitrogens with one attached hydrogen (secondary N) is 1. The maximum atomic E-state index is 4.39. The van der Waals surface area contributed by atoms with Crippen molar-refractivity contribution in [1.29, 1.82) is 0 Å². The van der Waals surface area contributed by atoms with Gasteiger partial charge in [0, 0.05) is 31.1 Å². The molecule has 1 aliphatic heterocycles. The highest BCUT2D eigenvalue weighted by atomic mass is 127. The number of hydrogen-bond donors (Lipinski definition) is 1. The Labute approximate surface area is 134 Å². The van der Waals surface area contributed by atoms with Gasteiger partial charge in [0.15, 0.2) is 5.96 Å². The van der Waals surface area contributed by atoms with Crippen molar-refractivity contribution in [3.8, 4) is 0 Å². The number of thioether (sulfide) groups is 1. The van der Waals surface area contributed by atoms with Gasteiger partial charge in [-0.3, -0.25) is 4.99 Å². The summed E-state index contributed by atoms with van der Waals surface area (Å²) in [5.41, 5.74) is 0.554. The number of aliphatic imine (C=N–C) groups is 1. The molecule has 1 aliphatic rings. The van der Waals surface area contributed by atoms with Crippen molar-refractivity contribution in [3.63, 3.8) is 0 Å². The molecule has 1 heterocycles. The number of likely N-dealkylation sites (tertiary alicyclic amines) is 1. The first-order chi connectivity index (χ1) is 7.86. The van der Waals surface area contributed by atoms with E-state index in [1.807, 2.05) is 18.8 Å². The van der Waals surface area contributed by atoms with E-state index in [9.17, 15) is 0 Å². The van der Waals surface area contributed by atoms with Crippen LogP contribution in [0.2, 0.25) is 0 Å². The molecule has 3 nitrogen and oxygen atoms in total. The summed E-state index contributed by atoms with van der Waals surface area (Å²) in [7, 11) is 1.87. The third kappa shape index (κ3) is 3.68. The minimum absolute atomic E-state index is 0. The molecule has 0 atom stereocenters. The lowest BCUT2D eigenvalue weighted by atomic mass is 9.65. The lowest BCUT2D eigenvalue weighted by Gasteiger charge is -2.62. The highest BCUT2D eigenvalue weighted by Crippen LogP contribution is 2.46. The number of nitrogens with zero attached hydrogens (tertiary/aromatic N) is 2. The van der Waals surface area contributed by atoms with Crippen molar-refractivity contribution < 1.29 is 0 Å². The van der Waals surface area contributed by atoms with Crippen LogP contribution < -0.4 is 5.32 Å². The molecule has 0 aromatic carbocycles. The Hall–Kier alpha value is 0.350. The molecule has 0 bridgehead atoms. The minimum Gasteiger partial charge on any atom is -0.356 e. The van der Waals surface area contributed by atoms with Crippen LogP contribution in [0.15, 0.2) is 4.99 Å². The van der Waals surface area contributed by atoms with Crippen molar-refractivity contribution in [3.05, 3.63) is 0 Å². The topological polar surface area (TPSA) is 27.6 Å². The SMILES string of the molecule is CN=C(NCCCSC)N1CC(C)(C)C1(C)C.I. The molecule has 108 valence electrons. The summed E-state index contributed by atoms with van der Waals surface area (Å²) in [6.07, 6.45) is 3.34. The predicted molar refractivity (Wildman–Crippen MR) is 94.3 cm³/mol. The van der Waals surface area contributed by atoms with Crippen LogP contribution in [-0.2, 0) is 0 Å². The first-order valence-electron chi connectivity index (χ1n) is 6.34. The van der Waals surface area contributed by atoms with Crippen LogP contribution in [0.25, 0.3) is 0 Å². The van der Waals surface area contributed by atoms with Gasteiger partial charge in [0.25, 0.3) is 0 Å². The van der Waals surface area contributed by atoms with E-state index < -0.39 is 0 Å². The Morgan fingerprint density at radius 1 is 1.33 bits per heavy atom.